The first kappa shape index (κ1) is 24.7. The predicted octanol–water partition coefficient (Wildman–Crippen LogP) is 0.412. The molecular formula is C24H40N8. The van der Waals surface area contributed by atoms with Crippen molar-refractivity contribution in [1.82, 2.24) is 35.7 Å². The van der Waals surface area contributed by atoms with Gasteiger partial charge < -0.3 is 26.6 Å². The largest absolute Gasteiger partial charge is 0.325 e. The van der Waals surface area contributed by atoms with E-state index in [0.717, 1.165) is 102 Å². The van der Waals surface area contributed by atoms with Crippen LogP contribution in [0.4, 0.5) is 0 Å². The van der Waals surface area contributed by atoms with E-state index in [1.54, 1.807) is 0 Å². The molecule has 0 aliphatic carbocycles. The Labute approximate surface area is 193 Å². The van der Waals surface area contributed by atoms with Crippen molar-refractivity contribution < 1.29 is 0 Å². The second-order valence-electron chi connectivity index (χ2n) is 8.30. The van der Waals surface area contributed by atoms with Crippen LogP contribution in [0.1, 0.15) is 23.5 Å². The van der Waals surface area contributed by atoms with Crippen LogP contribution in [0.25, 0.3) is 0 Å². The summed E-state index contributed by atoms with van der Waals surface area (Å²) in [5.41, 5.74) is 8.89. The van der Waals surface area contributed by atoms with E-state index in [9.17, 15) is 0 Å². The van der Waals surface area contributed by atoms with Gasteiger partial charge in [0.15, 0.2) is 0 Å². The molecule has 0 radical (unpaired) electrons. The lowest BCUT2D eigenvalue weighted by Gasteiger charge is -2.26. The summed E-state index contributed by atoms with van der Waals surface area (Å²) in [6, 6.07) is 12.2. The average Bonchev–Trinajstić information content (AvgIpc) is 2.81. The molecule has 1 saturated heterocycles. The summed E-state index contributed by atoms with van der Waals surface area (Å²) in [6.07, 6.45) is 2.98. The summed E-state index contributed by atoms with van der Waals surface area (Å²) in [6.45, 7) is 12.6. The van der Waals surface area contributed by atoms with Gasteiger partial charge >= 0.3 is 0 Å². The molecule has 0 saturated carbocycles. The number of nitrogens with zero attached hydrogens (tertiary/aromatic N) is 4. The van der Waals surface area contributed by atoms with Gasteiger partial charge in [-0.05, 0) is 37.2 Å². The molecule has 0 spiro atoms. The molecule has 3 heterocycles. The highest BCUT2D eigenvalue weighted by Crippen LogP contribution is 2.09. The smallest absolute Gasteiger partial charge is 0.0548 e. The van der Waals surface area contributed by atoms with Crippen LogP contribution in [-0.2, 0) is 19.6 Å². The highest BCUT2D eigenvalue weighted by Gasteiger charge is 2.11. The van der Waals surface area contributed by atoms with E-state index in [-0.39, 0.29) is 0 Å². The molecule has 0 amide bonds. The molecule has 8 nitrogen and oxygen atoms in total. The van der Waals surface area contributed by atoms with Crippen LogP contribution in [-0.4, -0.2) is 85.2 Å². The summed E-state index contributed by atoms with van der Waals surface area (Å²) in [5, 5.41) is 10.5. The molecule has 1 aliphatic heterocycles. The van der Waals surface area contributed by atoms with Crippen molar-refractivity contribution >= 4 is 0 Å². The topological polar surface area (TPSA) is 94.4 Å². The molecule has 2 aromatic rings. The van der Waals surface area contributed by atoms with Crippen molar-refractivity contribution in [2.75, 3.05) is 65.4 Å². The molecule has 0 atom stereocenters. The first-order valence-corrected chi connectivity index (χ1v) is 11.9. The Bertz CT molecular complexity index is 730. The first-order valence-electron chi connectivity index (χ1n) is 11.9. The molecule has 32 heavy (non-hydrogen) atoms. The van der Waals surface area contributed by atoms with E-state index in [1.807, 2.05) is 18.3 Å². The second-order valence-corrected chi connectivity index (χ2v) is 8.30. The third-order valence-electron chi connectivity index (χ3n) is 5.69. The minimum atomic E-state index is 0.473. The van der Waals surface area contributed by atoms with Crippen LogP contribution in [0.3, 0.4) is 0 Å². The minimum Gasteiger partial charge on any atom is -0.325 e. The number of nitrogens with two attached hydrogens (primary N) is 1. The lowest BCUT2D eigenvalue weighted by molar-refractivity contribution is 0.212. The zero-order chi connectivity index (χ0) is 22.3. The van der Waals surface area contributed by atoms with Crippen molar-refractivity contribution in [3.05, 3.63) is 59.7 Å². The summed E-state index contributed by atoms with van der Waals surface area (Å²) in [7, 11) is 0. The monoisotopic (exact) mass is 440 g/mol. The third-order valence-corrected chi connectivity index (χ3v) is 5.69. The van der Waals surface area contributed by atoms with Gasteiger partial charge in [0.1, 0.15) is 0 Å². The average molecular weight is 441 g/mol. The second kappa shape index (κ2) is 15.0. The Morgan fingerprint density at radius 3 is 2.16 bits per heavy atom. The SMILES string of the molecule is NCc1cccc(CN(CCCN2CCNCCNCCNCC2)Cc2ccccn2)n1. The van der Waals surface area contributed by atoms with Gasteiger partial charge in [0.2, 0.25) is 0 Å². The van der Waals surface area contributed by atoms with Gasteiger partial charge in [-0.1, -0.05) is 12.1 Å². The number of nitrogens with one attached hydrogen (secondary N) is 3. The molecule has 0 aromatic carbocycles. The van der Waals surface area contributed by atoms with Crippen LogP contribution in [0.5, 0.6) is 0 Å². The highest BCUT2D eigenvalue weighted by molar-refractivity contribution is 5.11. The van der Waals surface area contributed by atoms with E-state index in [2.05, 4.69) is 55.0 Å². The van der Waals surface area contributed by atoms with Crippen LogP contribution >= 0.6 is 0 Å². The third kappa shape index (κ3) is 9.68. The number of pyridine rings is 2. The van der Waals surface area contributed by atoms with Gasteiger partial charge in [0.05, 0.1) is 17.1 Å². The van der Waals surface area contributed by atoms with E-state index >= 15 is 0 Å². The standard InChI is InChI=1S/C24H40N8/c25-19-22-6-3-7-24(30-22)21-32(20-23-5-1-2-8-29-23)16-4-15-31-17-13-27-11-9-26-10-12-28-14-18-31/h1-3,5-8,26-28H,4,9-21,25H2. The van der Waals surface area contributed by atoms with Crippen molar-refractivity contribution in [2.24, 2.45) is 5.73 Å². The van der Waals surface area contributed by atoms with Gasteiger partial charge in [-0.2, -0.15) is 0 Å². The Morgan fingerprint density at radius 2 is 1.47 bits per heavy atom. The zero-order valence-electron chi connectivity index (χ0n) is 19.3. The summed E-state index contributed by atoms with van der Waals surface area (Å²) in [5.74, 6) is 0. The fourth-order valence-electron chi connectivity index (χ4n) is 3.95. The first-order chi connectivity index (χ1) is 15.8. The van der Waals surface area contributed by atoms with Crippen LogP contribution in [0.15, 0.2) is 42.6 Å². The number of hydrogen-bond acceptors (Lipinski definition) is 8. The molecule has 8 heteroatoms. The summed E-state index contributed by atoms with van der Waals surface area (Å²) in [4.78, 5) is 14.3. The predicted molar refractivity (Wildman–Crippen MR) is 130 cm³/mol. The molecule has 2 aromatic heterocycles. The van der Waals surface area contributed by atoms with E-state index in [4.69, 9.17) is 10.7 Å². The number of aromatic nitrogens is 2. The van der Waals surface area contributed by atoms with Crippen molar-refractivity contribution in [2.45, 2.75) is 26.1 Å². The van der Waals surface area contributed by atoms with Gasteiger partial charge in [0.25, 0.3) is 0 Å². The molecule has 176 valence electrons. The molecule has 0 bridgehead atoms. The van der Waals surface area contributed by atoms with Gasteiger partial charge in [-0.15, -0.1) is 0 Å². The van der Waals surface area contributed by atoms with E-state index < -0.39 is 0 Å². The lowest BCUT2D eigenvalue weighted by Crippen LogP contribution is -2.42. The molecule has 1 aliphatic rings. The maximum absolute atomic E-state index is 5.79. The Balaban J connectivity index is 1.54. The highest BCUT2D eigenvalue weighted by atomic mass is 15.2. The van der Waals surface area contributed by atoms with E-state index in [0.29, 0.717) is 6.54 Å². The van der Waals surface area contributed by atoms with Crippen LogP contribution < -0.4 is 21.7 Å². The summed E-state index contributed by atoms with van der Waals surface area (Å²) >= 11 is 0. The molecular weight excluding hydrogens is 400 g/mol. The minimum absolute atomic E-state index is 0.473. The lowest BCUT2D eigenvalue weighted by atomic mass is 10.2. The quantitative estimate of drug-likeness (QED) is 0.446. The van der Waals surface area contributed by atoms with Gasteiger partial charge in [-0.25, -0.2) is 0 Å². The van der Waals surface area contributed by atoms with Gasteiger partial charge in [-0.3, -0.25) is 14.9 Å². The number of rotatable bonds is 9. The molecule has 0 unspecified atom stereocenters. The van der Waals surface area contributed by atoms with Crippen molar-refractivity contribution in [3.63, 3.8) is 0 Å². The van der Waals surface area contributed by atoms with Crippen LogP contribution in [0, 0.1) is 0 Å². The Kier molecular flexibility index (Phi) is 11.6. The van der Waals surface area contributed by atoms with E-state index in [1.165, 1.54) is 0 Å². The molecule has 5 N–H and O–H groups in total. The zero-order valence-corrected chi connectivity index (χ0v) is 19.3. The van der Waals surface area contributed by atoms with Crippen molar-refractivity contribution in [1.29, 1.82) is 0 Å². The maximum Gasteiger partial charge on any atom is 0.0548 e. The fraction of sp³-hybridized carbons (Fsp3) is 0.583. The summed E-state index contributed by atoms with van der Waals surface area (Å²) < 4.78 is 0. The molecule has 3 rings (SSSR count). The maximum atomic E-state index is 5.79. The molecule has 1 fully saturated rings. The van der Waals surface area contributed by atoms with Crippen LogP contribution in [0.2, 0.25) is 0 Å². The normalized spacial score (nSPS) is 17.1. The van der Waals surface area contributed by atoms with Gasteiger partial charge in [0, 0.05) is 84.7 Å². The van der Waals surface area contributed by atoms with Crippen molar-refractivity contribution in [3.8, 4) is 0 Å². The fourth-order valence-corrected chi connectivity index (χ4v) is 3.95. The Hall–Kier alpha value is -1.94. The Morgan fingerprint density at radius 1 is 0.812 bits per heavy atom. The number of hydrogen-bond donors (Lipinski definition) is 4.